The Balaban J connectivity index is 2.03. The van der Waals surface area contributed by atoms with Crippen LogP contribution in [0.15, 0.2) is 0 Å². The van der Waals surface area contributed by atoms with Crippen molar-refractivity contribution in [3.8, 4) is 0 Å². The molecule has 0 bridgehead atoms. The summed E-state index contributed by atoms with van der Waals surface area (Å²) in [5.41, 5.74) is 0.169. The van der Waals surface area contributed by atoms with Crippen LogP contribution in [0.25, 0.3) is 0 Å². The molecule has 0 radical (unpaired) electrons. The number of hydrogen-bond donors (Lipinski definition) is 1. The predicted molar refractivity (Wildman–Crippen MR) is 56.5 cm³/mol. The first kappa shape index (κ1) is 11.8. The van der Waals surface area contributed by atoms with Crippen molar-refractivity contribution in [1.29, 1.82) is 0 Å². The average Bonchev–Trinajstić information content (AvgIpc) is 2.12. The van der Waals surface area contributed by atoms with Crippen molar-refractivity contribution < 1.29 is 9.53 Å². The van der Waals surface area contributed by atoms with Crippen molar-refractivity contribution in [3.05, 3.63) is 0 Å². The van der Waals surface area contributed by atoms with Gasteiger partial charge in [0, 0.05) is 24.3 Å². The van der Waals surface area contributed by atoms with Crippen molar-refractivity contribution >= 4 is 17.5 Å². The normalized spacial score (nSPS) is 18.7. The largest absolute Gasteiger partial charge is 0.380 e. The molecular weight excluding hydrogens is 202 g/mol. The number of unbranched alkanes of at least 4 members (excludes halogenated alkanes) is 1. The molecule has 0 unspecified atom stereocenters. The van der Waals surface area contributed by atoms with Crippen molar-refractivity contribution in [2.24, 2.45) is 5.41 Å². The van der Waals surface area contributed by atoms with Gasteiger partial charge in [0.15, 0.2) is 0 Å². The summed E-state index contributed by atoms with van der Waals surface area (Å²) in [6.45, 7) is 4.37. The Bertz CT molecular complexity index is 193. The molecule has 0 spiro atoms. The molecule has 0 atom stereocenters. The van der Waals surface area contributed by atoms with E-state index in [1.54, 1.807) is 0 Å². The zero-order valence-corrected chi connectivity index (χ0v) is 9.40. The Morgan fingerprint density at radius 2 is 2.21 bits per heavy atom. The lowest BCUT2D eigenvalue weighted by Crippen LogP contribution is -2.48. The number of amides is 1. The molecule has 1 rings (SSSR count). The first-order valence-electron chi connectivity index (χ1n) is 5.07. The summed E-state index contributed by atoms with van der Waals surface area (Å²) < 4.78 is 5.10. The van der Waals surface area contributed by atoms with E-state index in [1.165, 1.54) is 0 Å². The van der Waals surface area contributed by atoms with Gasteiger partial charge in [-0.15, -0.1) is 11.6 Å². The van der Waals surface area contributed by atoms with E-state index in [-0.39, 0.29) is 11.3 Å². The number of carbonyl (C=O) groups is 1. The third-order valence-corrected chi connectivity index (χ3v) is 2.67. The second-order valence-corrected chi connectivity index (χ2v) is 4.60. The van der Waals surface area contributed by atoms with Crippen LogP contribution in [0, 0.1) is 5.41 Å². The maximum atomic E-state index is 11.3. The highest BCUT2D eigenvalue weighted by Crippen LogP contribution is 2.24. The fourth-order valence-electron chi connectivity index (χ4n) is 1.33. The maximum Gasteiger partial charge on any atom is 0.220 e. The lowest BCUT2D eigenvalue weighted by molar-refractivity contribution is -0.126. The van der Waals surface area contributed by atoms with Crippen LogP contribution in [0.4, 0.5) is 0 Å². The summed E-state index contributed by atoms with van der Waals surface area (Å²) in [6, 6.07) is 0. The molecule has 82 valence electrons. The fourth-order valence-corrected chi connectivity index (χ4v) is 1.52. The van der Waals surface area contributed by atoms with Crippen molar-refractivity contribution in [3.63, 3.8) is 0 Å². The minimum Gasteiger partial charge on any atom is -0.380 e. The summed E-state index contributed by atoms with van der Waals surface area (Å²) in [4.78, 5) is 11.3. The van der Waals surface area contributed by atoms with Gasteiger partial charge in [0.1, 0.15) is 0 Å². The first-order chi connectivity index (χ1) is 6.66. The zero-order chi connectivity index (χ0) is 10.4. The van der Waals surface area contributed by atoms with Crippen LogP contribution in [0.1, 0.15) is 26.2 Å². The lowest BCUT2D eigenvalue weighted by atomic mass is 9.89. The SMILES string of the molecule is CC1(CNC(=O)CCCCCl)COC1. The van der Waals surface area contributed by atoms with Gasteiger partial charge in [0.05, 0.1) is 13.2 Å². The molecule has 3 nitrogen and oxygen atoms in total. The highest BCUT2D eigenvalue weighted by molar-refractivity contribution is 6.17. The molecule has 0 saturated carbocycles. The van der Waals surface area contributed by atoms with E-state index in [9.17, 15) is 4.79 Å². The van der Waals surface area contributed by atoms with Crippen LogP contribution in [-0.4, -0.2) is 31.5 Å². The smallest absolute Gasteiger partial charge is 0.220 e. The van der Waals surface area contributed by atoms with E-state index in [1.807, 2.05) is 0 Å². The van der Waals surface area contributed by atoms with Crippen molar-refractivity contribution in [1.82, 2.24) is 5.32 Å². The second-order valence-electron chi connectivity index (χ2n) is 4.23. The third-order valence-electron chi connectivity index (χ3n) is 2.40. The first-order valence-corrected chi connectivity index (χ1v) is 5.60. The van der Waals surface area contributed by atoms with Gasteiger partial charge in [-0.25, -0.2) is 0 Å². The van der Waals surface area contributed by atoms with Gasteiger partial charge in [-0.3, -0.25) is 4.79 Å². The van der Waals surface area contributed by atoms with E-state index in [2.05, 4.69) is 12.2 Å². The molecule has 0 aromatic carbocycles. The molecule has 1 fully saturated rings. The monoisotopic (exact) mass is 219 g/mol. The van der Waals surface area contributed by atoms with E-state index in [4.69, 9.17) is 16.3 Å². The highest BCUT2D eigenvalue weighted by atomic mass is 35.5. The van der Waals surface area contributed by atoms with Crippen LogP contribution >= 0.6 is 11.6 Å². The molecule has 1 aliphatic heterocycles. The average molecular weight is 220 g/mol. The highest BCUT2D eigenvalue weighted by Gasteiger charge is 2.33. The number of halogens is 1. The molecule has 4 heteroatoms. The van der Waals surface area contributed by atoms with Crippen LogP contribution in [-0.2, 0) is 9.53 Å². The Kier molecular flexibility index (Phi) is 4.69. The lowest BCUT2D eigenvalue weighted by Gasteiger charge is -2.38. The molecular formula is C10H18ClNO2. The number of rotatable bonds is 6. The summed E-state index contributed by atoms with van der Waals surface area (Å²) in [5, 5.41) is 2.92. The van der Waals surface area contributed by atoms with Crippen LogP contribution < -0.4 is 5.32 Å². The van der Waals surface area contributed by atoms with Gasteiger partial charge in [0.25, 0.3) is 0 Å². The van der Waals surface area contributed by atoms with Gasteiger partial charge < -0.3 is 10.1 Å². The number of hydrogen-bond acceptors (Lipinski definition) is 2. The molecule has 1 heterocycles. The van der Waals surface area contributed by atoms with E-state index < -0.39 is 0 Å². The number of carbonyl (C=O) groups excluding carboxylic acids is 1. The Hall–Kier alpha value is -0.280. The van der Waals surface area contributed by atoms with E-state index in [0.29, 0.717) is 12.3 Å². The van der Waals surface area contributed by atoms with Gasteiger partial charge >= 0.3 is 0 Å². The second kappa shape index (κ2) is 5.56. The summed E-state index contributed by atoms with van der Waals surface area (Å²) in [6.07, 6.45) is 2.38. The summed E-state index contributed by atoms with van der Waals surface area (Å²) >= 11 is 5.52. The topological polar surface area (TPSA) is 38.3 Å². The fraction of sp³-hybridized carbons (Fsp3) is 0.900. The van der Waals surface area contributed by atoms with Crippen molar-refractivity contribution in [2.75, 3.05) is 25.6 Å². The van der Waals surface area contributed by atoms with Crippen LogP contribution in [0.3, 0.4) is 0 Å². The Morgan fingerprint density at radius 1 is 1.50 bits per heavy atom. The van der Waals surface area contributed by atoms with Gasteiger partial charge in [0.2, 0.25) is 5.91 Å². The third kappa shape index (κ3) is 3.84. The Morgan fingerprint density at radius 3 is 2.71 bits per heavy atom. The summed E-state index contributed by atoms with van der Waals surface area (Å²) in [7, 11) is 0. The zero-order valence-electron chi connectivity index (χ0n) is 8.64. The number of alkyl halides is 1. The molecule has 0 aromatic heterocycles. The number of nitrogens with one attached hydrogen (secondary N) is 1. The van der Waals surface area contributed by atoms with Crippen LogP contribution in [0.5, 0.6) is 0 Å². The predicted octanol–water partition coefficient (Wildman–Crippen LogP) is 1.55. The van der Waals surface area contributed by atoms with Gasteiger partial charge in [-0.05, 0) is 12.8 Å². The minimum absolute atomic E-state index is 0.128. The standard InChI is InChI=1S/C10H18ClNO2/c1-10(7-14-8-10)6-12-9(13)4-2-3-5-11/h2-8H2,1H3,(H,12,13). The quantitative estimate of drug-likeness (QED) is 0.544. The summed E-state index contributed by atoms with van der Waals surface area (Å²) in [5.74, 6) is 0.766. The molecule has 0 aliphatic carbocycles. The van der Waals surface area contributed by atoms with Crippen molar-refractivity contribution in [2.45, 2.75) is 26.2 Å². The van der Waals surface area contributed by atoms with Crippen LogP contribution in [0.2, 0.25) is 0 Å². The molecule has 14 heavy (non-hydrogen) atoms. The van der Waals surface area contributed by atoms with E-state index in [0.717, 1.165) is 32.6 Å². The minimum atomic E-state index is 0.128. The molecule has 1 aliphatic rings. The molecule has 1 saturated heterocycles. The maximum absolute atomic E-state index is 11.3. The molecule has 1 N–H and O–H groups in total. The van der Waals surface area contributed by atoms with Gasteiger partial charge in [-0.1, -0.05) is 6.92 Å². The molecule has 0 aromatic rings. The Labute approximate surface area is 90.1 Å². The van der Waals surface area contributed by atoms with Gasteiger partial charge in [-0.2, -0.15) is 0 Å². The van der Waals surface area contributed by atoms with E-state index >= 15 is 0 Å². The number of ether oxygens (including phenoxy) is 1. The molecule has 1 amide bonds.